The Balaban J connectivity index is 0.775. The summed E-state index contributed by atoms with van der Waals surface area (Å²) in [5, 5.41) is 4.68. The van der Waals surface area contributed by atoms with Crippen molar-refractivity contribution in [1.29, 1.82) is 0 Å². The Labute approximate surface area is 432 Å². The zero-order chi connectivity index (χ0) is 49.5. The Morgan fingerprint density at radius 1 is 0.419 bits per heavy atom. The molecule has 0 radical (unpaired) electrons. The van der Waals surface area contributed by atoms with Crippen molar-refractivity contribution in [3.8, 4) is 50.2 Å². The van der Waals surface area contributed by atoms with E-state index in [1.807, 2.05) is 0 Å². The van der Waals surface area contributed by atoms with E-state index in [1.54, 1.807) is 0 Å². The molecule has 0 N–H and O–H groups in total. The number of hydrogen-bond acceptors (Lipinski definition) is 1. The van der Waals surface area contributed by atoms with E-state index in [9.17, 15) is 0 Å². The lowest BCUT2D eigenvalue weighted by Gasteiger charge is -2.16. The van der Waals surface area contributed by atoms with E-state index >= 15 is 0 Å². The average molecular weight is 948 g/mol. The van der Waals surface area contributed by atoms with E-state index < -0.39 is 0 Å². The van der Waals surface area contributed by atoms with Gasteiger partial charge < -0.3 is 8.98 Å². The van der Waals surface area contributed by atoms with Crippen LogP contribution in [0.4, 0.5) is 0 Å². The summed E-state index contributed by atoms with van der Waals surface area (Å²) >= 11 is 0. The Hall–Kier alpha value is -9.24. The topological polar surface area (TPSA) is 18.1 Å². The van der Waals surface area contributed by atoms with Gasteiger partial charge in [-0.15, -0.1) is 0 Å². The van der Waals surface area contributed by atoms with E-state index in [0.717, 1.165) is 51.6 Å². The molecule has 2 aromatic heterocycles. The number of para-hydroxylation sites is 1. The van der Waals surface area contributed by atoms with E-state index in [4.69, 9.17) is 4.42 Å². The van der Waals surface area contributed by atoms with Gasteiger partial charge in [0.1, 0.15) is 11.2 Å². The van der Waals surface area contributed by atoms with Gasteiger partial charge in [-0.2, -0.15) is 0 Å². The first-order chi connectivity index (χ1) is 36.5. The summed E-state index contributed by atoms with van der Waals surface area (Å²) < 4.78 is 8.89. The van der Waals surface area contributed by atoms with Crippen LogP contribution in [0.3, 0.4) is 0 Å². The minimum atomic E-state index is 0.879. The van der Waals surface area contributed by atoms with Crippen LogP contribution in [-0.4, -0.2) is 4.57 Å². The second-order valence-electron chi connectivity index (χ2n) is 19.6. The summed E-state index contributed by atoms with van der Waals surface area (Å²) in [6.07, 6.45) is 11.4. The molecule has 2 heterocycles. The summed E-state index contributed by atoms with van der Waals surface area (Å²) in [6, 6.07) is 85.9. The molecule has 0 saturated heterocycles. The van der Waals surface area contributed by atoms with Gasteiger partial charge in [0, 0.05) is 27.2 Å². The van der Waals surface area contributed by atoms with Gasteiger partial charge in [-0.05, 0) is 189 Å². The molecular formula is C72H53NO. The highest BCUT2D eigenvalue weighted by molar-refractivity contribution is 6.12. The van der Waals surface area contributed by atoms with Crippen LogP contribution in [0, 0.1) is 0 Å². The Morgan fingerprint density at radius 2 is 0.946 bits per heavy atom. The molecule has 0 aliphatic heterocycles. The molecule has 0 amide bonds. The van der Waals surface area contributed by atoms with Gasteiger partial charge in [0.05, 0.1) is 11.0 Å². The number of allylic oxidation sites excluding steroid dienone is 8. The second-order valence-corrected chi connectivity index (χ2v) is 19.6. The molecule has 0 spiro atoms. The van der Waals surface area contributed by atoms with Gasteiger partial charge in [0.15, 0.2) is 0 Å². The molecule has 0 fully saturated rings. The maximum absolute atomic E-state index is 6.49. The van der Waals surface area contributed by atoms with Crippen LogP contribution in [0.25, 0.3) is 116 Å². The highest BCUT2D eigenvalue weighted by atomic mass is 16.3. The minimum absolute atomic E-state index is 0.879. The Bertz CT molecular complexity index is 4250. The molecular weight excluding hydrogens is 895 g/mol. The van der Waals surface area contributed by atoms with Gasteiger partial charge in [-0.1, -0.05) is 188 Å². The molecule has 1 aliphatic rings. The summed E-state index contributed by atoms with van der Waals surface area (Å²) in [5.41, 5.74) is 24.9. The van der Waals surface area contributed by atoms with Crippen LogP contribution >= 0.6 is 0 Å². The van der Waals surface area contributed by atoms with Crippen molar-refractivity contribution in [2.24, 2.45) is 0 Å². The number of benzene rings is 10. The quantitative estimate of drug-likeness (QED) is 0.125. The van der Waals surface area contributed by atoms with E-state index in [0.29, 0.717) is 0 Å². The molecule has 12 aromatic rings. The predicted molar refractivity (Wildman–Crippen MR) is 315 cm³/mol. The van der Waals surface area contributed by atoms with Crippen molar-refractivity contribution in [2.75, 3.05) is 0 Å². The van der Waals surface area contributed by atoms with Crippen molar-refractivity contribution in [2.45, 2.75) is 26.7 Å². The zero-order valence-electron chi connectivity index (χ0n) is 41.6. The minimum Gasteiger partial charge on any atom is -0.456 e. The number of nitrogens with zero attached hydrogens (tertiary/aromatic N) is 1. The van der Waals surface area contributed by atoms with Crippen LogP contribution < -0.4 is 0 Å². The zero-order valence-corrected chi connectivity index (χ0v) is 41.6. The molecule has 2 nitrogen and oxygen atoms in total. The van der Waals surface area contributed by atoms with Gasteiger partial charge in [-0.25, -0.2) is 0 Å². The summed E-state index contributed by atoms with van der Waals surface area (Å²) in [7, 11) is 0. The van der Waals surface area contributed by atoms with Crippen LogP contribution in [-0.2, 0) is 0 Å². The maximum atomic E-state index is 6.49. The molecule has 0 saturated carbocycles. The third-order valence-corrected chi connectivity index (χ3v) is 15.0. The lowest BCUT2D eigenvalue weighted by atomic mass is 9.88. The lowest BCUT2D eigenvalue weighted by Crippen LogP contribution is -1.94. The van der Waals surface area contributed by atoms with Gasteiger partial charge in [-0.3, -0.25) is 0 Å². The van der Waals surface area contributed by atoms with Crippen molar-refractivity contribution in [3.05, 3.63) is 283 Å². The molecule has 2 heteroatoms. The highest BCUT2D eigenvalue weighted by Gasteiger charge is 2.17. The van der Waals surface area contributed by atoms with Gasteiger partial charge >= 0.3 is 0 Å². The van der Waals surface area contributed by atoms with Crippen LogP contribution in [0.1, 0.15) is 48.9 Å². The fourth-order valence-electron chi connectivity index (χ4n) is 11.2. The fourth-order valence-corrected chi connectivity index (χ4v) is 11.2. The maximum Gasteiger partial charge on any atom is 0.135 e. The predicted octanol–water partition coefficient (Wildman–Crippen LogP) is 20.1. The van der Waals surface area contributed by atoms with Crippen LogP contribution in [0.2, 0.25) is 0 Å². The highest BCUT2D eigenvalue weighted by Crippen LogP contribution is 2.40. The number of furan rings is 1. The Kier molecular flexibility index (Phi) is 11.5. The van der Waals surface area contributed by atoms with Crippen molar-refractivity contribution in [1.82, 2.24) is 4.57 Å². The number of rotatable bonds is 10. The third-order valence-electron chi connectivity index (χ3n) is 15.0. The monoisotopic (exact) mass is 947 g/mol. The number of fused-ring (bicyclic) bond motifs is 6. The van der Waals surface area contributed by atoms with Crippen LogP contribution in [0.15, 0.2) is 265 Å². The normalized spacial score (nSPS) is 13.2. The first kappa shape index (κ1) is 44.7. The van der Waals surface area contributed by atoms with Gasteiger partial charge in [0.25, 0.3) is 0 Å². The molecule has 10 aromatic carbocycles. The average Bonchev–Trinajstić information content (AvgIpc) is 4.01. The van der Waals surface area contributed by atoms with E-state index in [-0.39, 0.29) is 0 Å². The second kappa shape index (κ2) is 19.1. The summed E-state index contributed by atoms with van der Waals surface area (Å²) in [4.78, 5) is 0. The van der Waals surface area contributed by atoms with Crippen molar-refractivity contribution < 1.29 is 4.42 Å². The lowest BCUT2D eigenvalue weighted by molar-refractivity contribution is 0.669. The molecule has 0 atom stereocenters. The molecule has 0 bridgehead atoms. The summed E-state index contributed by atoms with van der Waals surface area (Å²) in [6.45, 7) is 4.37. The van der Waals surface area contributed by atoms with Crippen LogP contribution in [0.5, 0.6) is 0 Å². The SMILES string of the molecule is C/C=C(\C=C(/C)c1cccc(C2=CC(c3cccc(-c4ccccc4)c3)=CCC2)c1)c1cccc(-c2cccc(-c3ccc4oc5ccc(-n6c7ccccc7c7cc(-c8ccccc8)ccc76)cc5c4c3)c2)c1. The van der Waals surface area contributed by atoms with E-state index in [1.165, 1.54) is 99.7 Å². The largest absolute Gasteiger partial charge is 0.456 e. The van der Waals surface area contributed by atoms with Crippen molar-refractivity contribution >= 4 is 66.0 Å². The molecule has 13 rings (SSSR count). The molecule has 352 valence electrons. The molecule has 74 heavy (non-hydrogen) atoms. The van der Waals surface area contributed by atoms with Gasteiger partial charge in [0.2, 0.25) is 0 Å². The first-order valence-electron chi connectivity index (χ1n) is 25.8. The van der Waals surface area contributed by atoms with E-state index in [2.05, 4.69) is 279 Å². The smallest absolute Gasteiger partial charge is 0.135 e. The fraction of sp³-hybridized carbons (Fsp3) is 0.0556. The molecule has 0 unspecified atom stereocenters. The first-order valence-corrected chi connectivity index (χ1v) is 25.8. The van der Waals surface area contributed by atoms with Crippen molar-refractivity contribution in [3.63, 3.8) is 0 Å². The molecule has 1 aliphatic carbocycles. The number of hydrogen-bond donors (Lipinski definition) is 0. The number of aromatic nitrogens is 1. The standard InChI is InChI=1S/C72H53NO/c1-3-49(39-48(2)52-21-12-24-55(40-52)58-27-15-28-59(43-58)57-26-14-23-54(42-57)50-17-6-4-7-18-50)53-22-13-25-56(41-53)60-29-16-30-61(44-60)63-34-37-71-67(46-63)68-47-64(35-38-72(68)74-71)73-69-32-11-10-31-65(69)66-45-62(33-36-70(66)73)51-19-8-5-9-20-51/h3-14,16-26,28-47H,15,27H2,1-2H3/b48-39+,49-3+. The Morgan fingerprint density at radius 3 is 1.70 bits per heavy atom. The summed E-state index contributed by atoms with van der Waals surface area (Å²) in [5.74, 6) is 0. The third kappa shape index (κ3) is 8.41.